The molecule has 0 N–H and O–H groups in total. The van der Waals surface area contributed by atoms with Crippen LogP contribution in [0.4, 0.5) is 5.69 Å². The first kappa shape index (κ1) is 7.64. The molecule has 0 aromatic heterocycles. The summed E-state index contributed by atoms with van der Waals surface area (Å²) in [4.78, 5) is 8.42. The molecule has 2 aliphatic heterocycles. The number of amidine groups is 1. The zero-order valence-corrected chi connectivity index (χ0v) is 7.82. The molecule has 0 atom stereocenters. The van der Waals surface area contributed by atoms with Crippen molar-refractivity contribution >= 4 is 34.6 Å². The van der Waals surface area contributed by atoms with Crippen molar-refractivity contribution in [1.29, 1.82) is 0 Å². The Morgan fingerprint density at radius 3 is 2.79 bits per heavy atom. The van der Waals surface area contributed by atoms with Crippen LogP contribution in [0.5, 0.6) is 0 Å². The number of rotatable bonds is 0. The Balaban J connectivity index is 2.27. The van der Waals surface area contributed by atoms with Crippen molar-refractivity contribution in [2.24, 2.45) is 20.2 Å². The molecular formula is C9H4N4S. The molecule has 0 saturated carbocycles. The fraction of sp³-hybridized carbons (Fsp3) is 0. The first-order valence-electron chi connectivity index (χ1n) is 4.07. The minimum absolute atomic E-state index is 0.260. The summed E-state index contributed by atoms with van der Waals surface area (Å²) in [7, 11) is 0. The molecule has 0 spiro atoms. The van der Waals surface area contributed by atoms with Crippen LogP contribution in [0.1, 0.15) is 5.56 Å². The molecule has 14 heavy (non-hydrogen) atoms. The minimum atomic E-state index is 0.260. The van der Waals surface area contributed by atoms with Crippen LogP contribution in [-0.2, 0) is 0 Å². The van der Waals surface area contributed by atoms with Gasteiger partial charge in [-0.05, 0) is 18.3 Å². The van der Waals surface area contributed by atoms with Gasteiger partial charge in [-0.25, -0.2) is 9.98 Å². The third kappa shape index (κ3) is 0.958. The summed E-state index contributed by atoms with van der Waals surface area (Å²) in [6, 6.07) is 7.74. The molecule has 3 rings (SSSR count). The smallest absolute Gasteiger partial charge is 0.225 e. The normalized spacial score (nSPS) is 17.3. The third-order valence-electron chi connectivity index (χ3n) is 2.04. The summed E-state index contributed by atoms with van der Waals surface area (Å²) in [6.07, 6.45) is 0. The number of aliphatic imine (C=N–C) groups is 2. The van der Waals surface area contributed by atoms with Crippen molar-refractivity contribution in [3.63, 3.8) is 0 Å². The fourth-order valence-corrected chi connectivity index (χ4v) is 1.58. The molecule has 0 amide bonds. The summed E-state index contributed by atoms with van der Waals surface area (Å²) in [5, 5.41) is 7.84. The van der Waals surface area contributed by atoms with Crippen molar-refractivity contribution in [3.05, 3.63) is 29.8 Å². The number of hydrogen-bond acceptors (Lipinski definition) is 3. The molecule has 0 radical (unpaired) electrons. The van der Waals surface area contributed by atoms with Crippen molar-refractivity contribution in [3.8, 4) is 0 Å². The zero-order chi connectivity index (χ0) is 9.54. The quantitative estimate of drug-likeness (QED) is 0.592. The number of para-hydroxylation sites is 1. The maximum Gasteiger partial charge on any atom is 0.240 e. The molecule has 2 aliphatic rings. The molecular weight excluding hydrogens is 196 g/mol. The lowest BCUT2D eigenvalue weighted by atomic mass is 10.1. The van der Waals surface area contributed by atoms with Crippen LogP contribution >= 0.6 is 12.2 Å². The predicted molar refractivity (Wildman–Crippen MR) is 57.5 cm³/mol. The Morgan fingerprint density at radius 2 is 1.86 bits per heavy atom. The van der Waals surface area contributed by atoms with Crippen LogP contribution in [0.15, 0.2) is 44.5 Å². The molecule has 1 aromatic carbocycles. The van der Waals surface area contributed by atoms with E-state index in [1.54, 1.807) is 0 Å². The summed E-state index contributed by atoms with van der Waals surface area (Å²) in [6.45, 7) is 0. The number of nitrogens with zero attached hydrogens (tertiary/aromatic N) is 4. The Bertz CT molecular complexity index is 527. The van der Waals surface area contributed by atoms with Gasteiger partial charge in [-0.1, -0.05) is 18.2 Å². The third-order valence-corrected chi connectivity index (χ3v) is 2.21. The number of benzene rings is 1. The van der Waals surface area contributed by atoms with Crippen LogP contribution in [-0.4, -0.2) is 16.7 Å². The van der Waals surface area contributed by atoms with Crippen LogP contribution in [0.3, 0.4) is 0 Å². The van der Waals surface area contributed by atoms with Crippen LogP contribution in [0, 0.1) is 0 Å². The molecule has 4 nitrogen and oxygen atoms in total. The van der Waals surface area contributed by atoms with Gasteiger partial charge in [-0.15, -0.1) is 10.2 Å². The highest BCUT2D eigenvalue weighted by Crippen LogP contribution is 2.28. The Hall–Kier alpha value is -1.75. The van der Waals surface area contributed by atoms with Crippen LogP contribution in [0.25, 0.3) is 0 Å². The Kier molecular flexibility index (Phi) is 1.43. The van der Waals surface area contributed by atoms with E-state index in [0.29, 0.717) is 5.84 Å². The largest absolute Gasteiger partial charge is 0.240 e. The summed E-state index contributed by atoms with van der Waals surface area (Å²) >= 11 is 4.86. The zero-order valence-electron chi connectivity index (χ0n) is 7.01. The molecule has 2 heterocycles. The monoisotopic (exact) mass is 200 g/mol. The number of fused-ring (bicyclic) bond motifs is 3. The van der Waals surface area contributed by atoms with E-state index in [1.807, 2.05) is 24.3 Å². The summed E-state index contributed by atoms with van der Waals surface area (Å²) < 4.78 is 0. The van der Waals surface area contributed by atoms with E-state index in [1.165, 1.54) is 0 Å². The molecule has 66 valence electrons. The summed E-state index contributed by atoms with van der Waals surface area (Å²) in [5.74, 6) is 0.555. The van der Waals surface area contributed by atoms with E-state index < -0.39 is 0 Å². The second-order valence-electron chi connectivity index (χ2n) is 2.90. The fourth-order valence-electron chi connectivity index (χ4n) is 1.45. The SMILES string of the molecule is S=C1N=NC2=Nc3ccccc3C2=N1. The Morgan fingerprint density at radius 1 is 1.00 bits per heavy atom. The highest BCUT2D eigenvalue weighted by Gasteiger charge is 2.24. The van der Waals surface area contributed by atoms with Gasteiger partial charge in [0.2, 0.25) is 10.9 Å². The van der Waals surface area contributed by atoms with Crippen LogP contribution < -0.4 is 0 Å². The maximum atomic E-state index is 4.86. The lowest BCUT2D eigenvalue weighted by Gasteiger charge is -2.01. The topological polar surface area (TPSA) is 49.4 Å². The van der Waals surface area contributed by atoms with E-state index >= 15 is 0 Å². The van der Waals surface area contributed by atoms with E-state index in [9.17, 15) is 0 Å². The van der Waals surface area contributed by atoms with Gasteiger partial charge in [0.15, 0.2) is 0 Å². The molecule has 5 heteroatoms. The number of azo groups is 1. The van der Waals surface area contributed by atoms with Gasteiger partial charge in [0.05, 0.1) is 5.69 Å². The first-order valence-corrected chi connectivity index (χ1v) is 4.48. The van der Waals surface area contributed by atoms with Crippen molar-refractivity contribution in [1.82, 2.24) is 0 Å². The van der Waals surface area contributed by atoms with Gasteiger partial charge in [-0.3, -0.25) is 0 Å². The van der Waals surface area contributed by atoms with Crippen molar-refractivity contribution in [2.75, 3.05) is 0 Å². The maximum absolute atomic E-state index is 4.86. The van der Waals surface area contributed by atoms with E-state index in [4.69, 9.17) is 12.2 Å². The highest BCUT2D eigenvalue weighted by atomic mass is 32.1. The van der Waals surface area contributed by atoms with Gasteiger partial charge < -0.3 is 0 Å². The average molecular weight is 200 g/mol. The lowest BCUT2D eigenvalue weighted by molar-refractivity contribution is 1.31. The Labute approximate surface area is 85.1 Å². The van der Waals surface area contributed by atoms with E-state index in [-0.39, 0.29) is 5.11 Å². The standard InChI is InChI=1S/C9H4N4S/c14-9-11-7-5-3-1-2-4-6(5)10-8(7)12-13-9/h1-4H. The van der Waals surface area contributed by atoms with Gasteiger partial charge in [0.25, 0.3) is 0 Å². The van der Waals surface area contributed by atoms with Gasteiger partial charge in [0.1, 0.15) is 5.71 Å². The number of thiocarbonyl (C=S) groups is 1. The van der Waals surface area contributed by atoms with Crippen molar-refractivity contribution in [2.45, 2.75) is 0 Å². The highest BCUT2D eigenvalue weighted by molar-refractivity contribution is 7.80. The summed E-state index contributed by atoms with van der Waals surface area (Å²) in [5.41, 5.74) is 2.59. The average Bonchev–Trinajstić information content (AvgIpc) is 2.56. The second kappa shape index (κ2) is 2.62. The molecule has 0 fully saturated rings. The molecule has 1 aromatic rings. The predicted octanol–water partition coefficient (Wildman–Crippen LogP) is 2.27. The molecule has 0 saturated heterocycles. The second-order valence-corrected chi connectivity index (χ2v) is 3.26. The van der Waals surface area contributed by atoms with E-state index in [0.717, 1.165) is 17.0 Å². The van der Waals surface area contributed by atoms with E-state index in [2.05, 4.69) is 20.2 Å². The molecule has 0 bridgehead atoms. The molecule has 0 aliphatic carbocycles. The first-order chi connectivity index (χ1) is 6.84. The lowest BCUT2D eigenvalue weighted by Crippen LogP contribution is -2.13. The van der Waals surface area contributed by atoms with Crippen molar-refractivity contribution < 1.29 is 0 Å². The van der Waals surface area contributed by atoms with Crippen LogP contribution in [0.2, 0.25) is 0 Å². The molecule has 0 unspecified atom stereocenters. The minimum Gasteiger partial charge on any atom is -0.225 e. The number of hydrogen-bond donors (Lipinski definition) is 0. The van der Waals surface area contributed by atoms with Gasteiger partial charge in [-0.2, -0.15) is 0 Å². The van der Waals surface area contributed by atoms with Gasteiger partial charge in [0, 0.05) is 5.56 Å². The van der Waals surface area contributed by atoms with Gasteiger partial charge >= 0.3 is 0 Å².